The number of nitrogens with one attached hydrogen (secondary N) is 1. The van der Waals surface area contributed by atoms with Crippen molar-refractivity contribution in [2.24, 2.45) is 0 Å². The Hall–Kier alpha value is -4.34. The van der Waals surface area contributed by atoms with Crippen LogP contribution in [0.1, 0.15) is 65.1 Å². The van der Waals surface area contributed by atoms with Crippen LogP contribution in [-0.2, 0) is 29.1 Å². The summed E-state index contributed by atoms with van der Waals surface area (Å²) in [6, 6.07) is 2.86. The maximum atomic E-state index is 15.0. The average molecular weight is 530 g/mol. The van der Waals surface area contributed by atoms with Crippen molar-refractivity contribution in [1.29, 1.82) is 0 Å². The van der Waals surface area contributed by atoms with Gasteiger partial charge in [-0.15, -0.1) is 0 Å². The van der Waals surface area contributed by atoms with Crippen LogP contribution in [0.2, 0.25) is 0 Å². The van der Waals surface area contributed by atoms with Crippen LogP contribution < -0.4 is 26.5 Å². The Kier molecular flexibility index (Phi) is 4.92. The summed E-state index contributed by atoms with van der Waals surface area (Å²) in [5.41, 5.74) is 4.25. The molecule has 0 bridgehead atoms. The van der Waals surface area contributed by atoms with E-state index in [1.165, 1.54) is 13.2 Å². The summed E-state index contributed by atoms with van der Waals surface area (Å²) in [4.78, 5) is 55.4. The van der Waals surface area contributed by atoms with Crippen LogP contribution in [0.25, 0.3) is 22.3 Å². The van der Waals surface area contributed by atoms with E-state index in [1.54, 1.807) is 11.5 Å². The molecular formula is C29H24FN3O6. The van der Waals surface area contributed by atoms with Crippen LogP contribution in [0.3, 0.4) is 0 Å². The molecule has 2 unspecified atom stereocenters. The zero-order valence-corrected chi connectivity index (χ0v) is 21.6. The average Bonchev–Trinajstić information content (AvgIpc) is 3.30. The highest BCUT2D eigenvalue weighted by Crippen LogP contribution is 2.46. The highest BCUT2D eigenvalue weighted by molar-refractivity contribution is 5.93. The molecule has 9 nitrogen and oxygen atoms in total. The first-order chi connectivity index (χ1) is 18.7. The minimum absolute atomic E-state index is 0.00881. The Morgan fingerprint density at radius 2 is 1.95 bits per heavy atom. The molecule has 10 heteroatoms. The lowest BCUT2D eigenvalue weighted by molar-refractivity contribution is -0.148. The Balaban J connectivity index is 1.49. The van der Waals surface area contributed by atoms with Crippen molar-refractivity contribution in [1.82, 2.24) is 9.55 Å². The number of fused-ring (bicyclic) bond motifs is 5. The largest absolute Gasteiger partial charge is 0.491 e. The van der Waals surface area contributed by atoms with Gasteiger partial charge in [0.2, 0.25) is 0 Å². The molecule has 2 aromatic carbocycles. The molecule has 4 aromatic rings. The van der Waals surface area contributed by atoms with Crippen LogP contribution in [0.4, 0.5) is 10.1 Å². The molecule has 198 valence electrons. The first-order valence-corrected chi connectivity index (χ1v) is 13.0. The Labute approximate surface area is 220 Å². The van der Waals surface area contributed by atoms with Gasteiger partial charge in [0.25, 0.3) is 16.4 Å². The van der Waals surface area contributed by atoms with Crippen molar-refractivity contribution in [3.05, 3.63) is 82.1 Å². The number of aryl methyl sites for hydroxylation is 1. The number of hydrogen-bond donors (Lipinski definition) is 1. The number of cyclic esters (lactones) is 1. The number of carbonyl (C=O) groups excluding carboxylic acids is 1. The number of anilines is 1. The van der Waals surface area contributed by atoms with Crippen molar-refractivity contribution in [2.75, 3.05) is 12.4 Å². The molecule has 2 aromatic heterocycles. The normalized spacial score (nSPS) is 19.0. The van der Waals surface area contributed by atoms with Crippen molar-refractivity contribution in [3.8, 4) is 17.1 Å². The monoisotopic (exact) mass is 529 g/mol. The van der Waals surface area contributed by atoms with Crippen LogP contribution in [-0.4, -0.2) is 22.6 Å². The number of pyridine rings is 2. The summed E-state index contributed by atoms with van der Waals surface area (Å²) in [5.74, 6) is -1.27. The minimum atomic E-state index is -0.675. The lowest BCUT2D eigenvalue weighted by Gasteiger charge is -2.30. The second-order valence-corrected chi connectivity index (χ2v) is 10.4. The number of aromatic nitrogens is 2. The zero-order valence-electron chi connectivity index (χ0n) is 21.6. The van der Waals surface area contributed by atoms with Crippen LogP contribution >= 0.6 is 0 Å². The Morgan fingerprint density at radius 3 is 2.69 bits per heavy atom. The van der Waals surface area contributed by atoms with E-state index in [0.29, 0.717) is 52.9 Å². The quantitative estimate of drug-likeness (QED) is 0.279. The van der Waals surface area contributed by atoms with Gasteiger partial charge < -0.3 is 19.4 Å². The smallest absolute Gasteiger partial charge is 0.313 e. The van der Waals surface area contributed by atoms with E-state index >= 15 is 4.39 Å². The highest BCUT2D eigenvalue weighted by atomic mass is 19.1. The molecule has 0 amide bonds. The maximum absolute atomic E-state index is 15.0. The molecule has 3 aliphatic rings. The molecule has 0 saturated carbocycles. The van der Waals surface area contributed by atoms with E-state index in [9.17, 15) is 19.2 Å². The SMILES string of the molecule is CCC1C(=O)OCc2c1cc1n(c2=O)Cc2c-1nc1cc(F)c(C)c3c1c2C(Nc1c(OC)c(=O)c1=O)CC3. The van der Waals surface area contributed by atoms with Crippen molar-refractivity contribution < 1.29 is 18.7 Å². The summed E-state index contributed by atoms with van der Waals surface area (Å²) >= 11 is 0. The number of nitrogens with zero attached hydrogens (tertiary/aromatic N) is 2. The summed E-state index contributed by atoms with van der Waals surface area (Å²) in [7, 11) is 1.34. The van der Waals surface area contributed by atoms with E-state index in [1.807, 2.05) is 13.0 Å². The summed E-state index contributed by atoms with van der Waals surface area (Å²) < 4.78 is 27.1. The van der Waals surface area contributed by atoms with Crippen molar-refractivity contribution in [3.63, 3.8) is 0 Å². The predicted octanol–water partition coefficient (Wildman–Crippen LogP) is 3.13. The number of carbonyl (C=O) groups is 1. The number of hydrogen-bond acceptors (Lipinski definition) is 8. The maximum Gasteiger partial charge on any atom is 0.313 e. The number of ether oxygens (including phenoxy) is 2. The van der Waals surface area contributed by atoms with Gasteiger partial charge in [-0.05, 0) is 54.5 Å². The Bertz CT molecular complexity index is 1920. The summed E-state index contributed by atoms with van der Waals surface area (Å²) in [6.07, 6.45) is 1.57. The van der Waals surface area contributed by atoms with E-state index < -0.39 is 22.8 Å². The molecule has 1 N–H and O–H groups in total. The van der Waals surface area contributed by atoms with E-state index in [2.05, 4.69) is 5.32 Å². The van der Waals surface area contributed by atoms with Crippen molar-refractivity contribution >= 4 is 22.6 Å². The molecule has 2 aliphatic heterocycles. The number of esters is 1. The van der Waals surface area contributed by atoms with Gasteiger partial charge in [-0.1, -0.05) is 6.92 Å². The van der Waals surface area contributed by atoms with Gasteiger partial charge in [-0.25, -0.2) is 9.37 Å². The molecule has 0 fully saturated rings. The molecule has 39 heavy (non-hydrogen) atoms. The lowest BCUT2D eigenvalue weighted by atomic mass is 9.81. The third-order valence-corrected chi connectivity index (χ3v) is 8.59. The first-order valence-electron chi connectivity index (χ1n) is 13.0. The lowest BCUT2D eigenvalue weighted by Crippen LogP contribution is -2.36. The number of benzene rings is 1. The van der Waals surface area contributed by atoms with E-state index in [0.717, 1.165) is 22.1 Å². The molecule has 7 rings (SSSR count). The van der Waals surface area contributed by atoms with Gasteiger partial charge in [0.05, 0.1) is 48.1 Å². The van der Waals surface area contributed by atoms with Gasteiger partial charge in [-0.2, -0.15) is 0 Å². The fourth-order valence-corrected chi connectivity index (χ4v) is 6.59. The zero-order chi connectivity index (χ0) is 27.3. The first kappa shape index (κ1) is 23.8. The number of halogens is 1. The van der Waals surface area contributed by atoms with Crippen molar-refractivity contribution in [2.45, 2.75) is 58.2 Å². The molecular weight excluding hydrogens is 505 g/mol. The van der Waals surface area contributed by atoms with Crippen LogP contribution in [0.15, 0.2) is 26.5 Å². The molecule has 2 atom stereocenters. The second kappa shape index (κ2) is 8.08. The fraction of sp³-hybridized carbons (Fsp3) is 0.345. The summed E-state index contributed by atoms with van der Waals surface area (Å²) in [5, 5.41) is 4.03. The van der Waals surface area contributed by atoms with Gasteiger partial charge >= 0.3 is 5.97 Å². The van der Waals surface area contributed by atoms with Gasteiger partial charge in [0.15, 0.2) is 5.75 Å². The fourth-order valence-electron chi connectivity index (χ4n) is 6.59. The number of methoxy groups -OCH3 is 1. The van der Waals surface area contributed by atoms with Gasteiger partial charge in [0.1, 0.15) is 18.1 Å². The van der Waals surface area contributed by atoms with Gasteiger partial charge in [0, 0.05) is 17.0 Å². The standard InChI is InChI=1S/C29H24FN3O6/c1-4-12-14-7-20-23-15(9-33(20)28(36)16(14)10-39-29(12)37)22-18(31-24-25(34)26(35)27(24)38-3)6-5-13-11(2)17(30)8-19(32-23)21(13)22/h7-8,12,18,31H,4-6,9-10H2,1-3H3. The minimum Gasteiger partial charge on any atom is -0.491 e. The van der Waals surface area contributed by atoms with Crippen LogP contribution in [0, 0.1) is 12.7 Å². The molecule has 0 radical (unpaired) electrons. The highest BCUT2D eigenvalue weighted by Gasteiger charge is 2.38. The molecule has 1 aliphatic carbocycles. The molecule has 0 spiro atoms. The predicted molar refractivity (Wildman–Crippen MR) is 141 cm³/mol. The van der Waals surface area contributed by atoms with Crippen LogP contribution in [0.5, 0.6) is 5.75 Å². The Morgan fingerprint density at radius 1 is 1.15 bits per heavy atom. The third-order valence-electron chi connectivity index (χ3n) is 8.59. The topological polar surface area (TPSA) is 117 Å². The second-order valence-electron chi connectivity index (χ2n) is 10.4. The van der Waals surface area contributed by atoms with E-state index in [-0.39, 0.29) is 41.9 Å². The van der Waals surface area contributed by atoms with Gasteiger partial charge in [-0.3, -0.25) is 19.2 Å². The number of rotatable bonds is 4. The third kappa shape index (κ3) is 3.02. The summed E-state index contributed by atoms with van der Waals surface area (Å²) in [6.45, 7) is 3.76. The molecule has 0 saturated heterocycles. The van der Waals surface area contributed by atoms with E-state index in [4.69, 9.17) is 14.5 Å². The molecule has 4 heterocycles.